The number of aromatic nitrogens is 6. The molecule has 3 N–H and O–H groups in total. The molecule has 0 atom stereocenters. The number of nitrogens with one attached hydrogen (secondary N) is 3. The first-order chi connectivity index (χ1) is 14.2. The molecule has 0 aromatic carbocycles. The number of H-pyrrole nitrogens is 3. The molecule has 0 aliphatic carbocycles. The van der Waals surface area contributed by atoms with Crippen LogP contribution in [0.25, 0.3) is 0 Å². The number of aryl methyl sites for hydroxylation is 3. The standard InChI is InChI=1S/3C6H7N2OSe/c3*1-2-4-3-5(9)8-6(10)7-4/h3*3H,2H2,1H3,(H,7,8,9). The minimum absolute atomic E-state index is 0.0967. The van der Waals surface area contributed by atoms with Crippen LogP contribution >= 0.6 is 0 Å². The van der Waals surface area contributed by atoms with Crippen LogP contribution in [0.15, 0.2) is 32.6 Å². The summed E-state index contributed by atoms with van der Waals surface area (Å²) in [4.78, 5) is 52.0. The minimum atomic E-state index is -0.0967. The average molecular weight is 606 g/mol. The summed E-state index contributed by atoms with van der Waals surface area (Å²) in [6.45, 7) is 5.88. The van der Waals surface area contributed by atoms with Gasteiger partial charge in [0.2, 0.25) is 0 Å². The Labute approximate surface area is 197 Å². The van der Waals surface area contributed by atoms with Crippen LogP contribution in [0.5, 0.6) is 0 Å². The van der Waals surface area contributed by atoms with Crippen molar-refractivity contribution in [2.75, 3.05) is 0 Å². The van der Waals surface area contributed by atoms with Gasteiger partial charge in [0.25, 0.3) is 0 Å². The zero-order chi connectivity index (χ0) is 22.7. The van der Waals surface area contributed by atoms with Crippen LogP contribution in [0.2, 0.25) is 0 Å². The Morgan fingerprint density at radius 3 is 1.00 bits per heavy atom. The first kappa shape index (κ1) is 26.2. The van der Waals surface area contributed by atoms with E-state index in [1.165, 1.54) is 18.2 Å². The van der Waals surface area contributed by atoms with Crippen LogP contribution < -0.4 is 30.8 Å². The molecule has 0 saturated carbocycles. The normalized spacial score (nSPS) is 9.70. The molecule has 0 fully saturated rings. The predicted octanol–water partition coefficient (Wildman–Crippen LogP) is -2.62. The molecular weight excluding hydrogens is 585 g/mol. The number of hydrogen-bond acceptors (Lipinski definition) is 6. The molecule has 30 heavy (non-hydrogen) atoms. The van der Waals surface area contributed by atoms with Gasteiger partial charge >= 0.3 is 198 Å². The summed E-state index contributed by atoms with van der Waals surface area (Å²) in [7, 11) is 0. The van der Waals surface area contributed by atoms with Gasteiger partial charge in [0.05, 0.1) is 0 Å². The fourth-order valence-corrected chi connectivity index (χ4v) is 3.36. The van der Waals surface area contributed by atoms with E-state index in [9.17, 15) is 14.4 Å². The van der Waals surface area contributed by atoms with Crippen molar-refractivity contribution in [1.29, 1.82) is 0 Å². The van der Waals surface area contributed by atoms with Gasteiger partial charge < -0.3 is 0 Å². The first-order valence-electron chi connectivity index (χ1n) is 8.98. The quantitative estimate of drug-likeness (QED) is 0.280. The number of hydrogen-bond donors (Lipinski definition) is 3. The van der Waals surface area contributed by atoms with E-state index in [0.717, 1.165) is 36.3 Å². The molecule has 3 rings (SSSR count). The van der Waals surface area contributed by atoms with Gasteiger partial charge in [0.15, 0.2) is 0 Å². The molecule has 3 aromatic rings. The molecule has 0 amide bonds. The van der Waals surface area contributed by atoms with E-state index in [2.05, 4.69) is 77.9 Å². The van der Waals surface area contributed by atoms with Crippen molar-refractivity contribution < 1.29 is 0 Å². The van der Waals surface area contributed by atoms with Crippen LogP contribution in [0.3, 0.4) is 0 Å². The Morgan fingerprint density at radius 1 is 0.600 bits per heavy atom. The van der Waals surface area contributed by atoms with E-state index in [1.54, 1.807) is 0 Å². The molecule has 3 radical (unpaired) electrons. The molecule has 0 saturated heterocycles. The monoisotopic (exact) mass is 609 g/mol. The number of nitrogens with zero attached hydrogens (tertiary/aromatic N) is 3. The zero-order valence-corrected chi connectivity index (χ0v) is 21.8. The SMILES string of the molecule is CCc1cc(=O)[nH]c([Se])n1.CCc1cc(=O)[nH]c([Se])n1.CCc1cc(=O)[nH]c([Se])n1. The summed E-state index contributed by atoms with van der Waals surface area (Å²) in [5, 5.41) is 0. The van der Waals surface area contributed by atoms with Crippen LogP contribution in [0.1, 0.15) is 37.9 Å². The van der Waals surface area contributed by atoms with Crippen molar-refractivity contribution in [3.63, 3.8) is 0 Å². The van der Waals surface area contributed by atoms with E-state index in [4.69, 9.17) is 0 Å². The van der Waals surface area contributed by atoms with E-state index < -0.39 is 0 Å². The third-order valence-electron chi connectivity index (χ3n) is 3.41. The molecule has 0 spiro atoms. The van der Waals surface area contributed by atoms with E-state index >= 15 is 0 Å². The molecule has 0 aliphatic rings. The number of rotatable bonds is 3. The predicted molar refractivity (Wildman–Crippen MR) is 119 cm³/mol. The van der Waals surface area contributed by atoms with Crippen molar-refractivity contribution in [3.8, 4) is 0 Å². The summed E-state index contributed by atoms with van der Waals surface area (Å²) in [5.74, 6) is 0. The van der Waals surface area contributed by atoms with Crippen LogP contribution in [-0.4, -0.2) is 77.9 Å². The Hall–Kier alpha value is -1.80. The van der Waals surface area contributed by atoms with Crippen LogP contribution in [0.4, 0.5) is 0 Å². The van der Waals surface area contributed by atoms with Crippen molar-refractivity contribution in [2.45, 2.75) is 40.0 Å². The van der Waals surface area contributed by atoms with Crippen molar-refractivity contribution in [1.82, 2.24) is 29.9 Å². The fraction of sp³-hybridized carbons (Fsp3) is 0.333. The summed E-state index contributed by atoms with van der Waals surface area (Å²) in [6, 6.07) is 4.50. The molecule has 159 valence electrons. The third-order valence-corrected chi connectivity index (χ3v) is 4.62. The third kappa shape index (κ3) is 10.3. The molecule has 0 aliphatic heterocycles. The molecule has 0 bridgehead atoms. The topological polar surface area (TPSA) is 137 Å². The van der Waals surface area contributed by atoms with Gasteiger partial charge in [-0.15, -0.1) is 0 Å². The van der Waals surface area contributed by atoms with Crippen molar-refractivity contribution in [3.05, 3.63) is 66.3 Å². The second-order valence-electron chi connectivity index (χ2n) is 5.69. The fourth-order valence-electron chi connectivity index (χ4n) is 1.99. The Morgan fingerprint density at radius 2 is 0.833 bits per heavy atom. The van der Waals surface area contributed by atoms with Gasteiger partial charge in [-0.05, 0) is 0 Å². The van der Waals surface area contributed by atoms with Gasteiger partial charge in [-0.1, -0.05) is 0 Å². The molecule has 9 nitrogen and oxygen atoms in total. The molecular formula is C18H21N6O3Se3. The van der Waals surface area contributed by atoms with Crippen molar-refractivity contribution in [2.24, 2.45) is 0 Å². The maximum absolute atomic E-state index is 10.8. The van der Waals surface area contributed by atoms with Gasteiger partial charge in [0.1, 0.15) is 0 Å². The summed E-state index contributed by atoms with van der Waals surface area (Å²) < 4.78 is 1.68. The van der Waals surface area contributed by atoms with Crippen LogP contribution in [-0.2, 0) is 19.3 Å². The second kappa shape index (κ2) is 13.5. The summed E-state index contributed by atoms with van der Waals surface area (Å²) in [5.41, 5.74) is 2.16. The first-order valence-corrected chi connectivity index (χ1v) is 11.6. The Balaban J connectivity index is 0.000000225. The molecule has 3 aromatic heterocycles. The molecule has 3 heterocycles. The average Bonchev–Trinajstić information content (AvgIpc) is 2.66. The molecule has 0 unspecified atom stereocenters. The Kier molecular flexibility index (Phi) is 11.8. The number of aromatic amines is 3. The van der Waals surface area contributed by atoms with Gasteiger partial charge in [0, 0.05) is 0 Å². The van der Waals surface area contributed by atoms with Gasteiger partial charge in [-0.2, -0.15) is 0 Å². The zero-order valence-electron chi connectivity index (χ0n) is 16.6. The second-order valence-corrected chi connectivity index (χ2v) is 8.12. The summed E-state index contributed by atoms with van der Waals surface area (Å²) >= 11 is 7.95. The maximum atomic E-state index is 10.8. The van der Waals surface area contributed by atoms with E-state index in [-0.39, 0.29) is 16.7 Å². The van der Waals surface area contributed by atoms with Gasteiger partial charge in [-0.25, -0.2) is 0 Å². The van der Waals surface area contributed by atoms with E-state index in [0.29, 0.717) is 14.2 Å². The Bertz CT molecular complexity index is 985. The van der Waals surface area contributed by atoms with Gasteiger partial charge in [-0.3, -0.25) is 0 Å². The van der Waals surface area contributed by atoms with Crippen LogP contribution in [0, 0.1) is 0 Å². The van der Waals surface area contributed by atoms with Crippen molar-refractivity contribution >= 4 is 62.2 Å². The molecule has 12 heteroatoms. The summed E-state index contributed by atoms with van der Waals surface area (Å²) in [6.07, 6.45) is 2.37. The van der Waals surface area contributed by atoms with E-state index in [1.807, 2.05) is 20.8 Å².